The van der Waals surface area contributed by atoms with Gasteiger partial charge in [0.2, 0.25) is 11.8 Å². The molecule has 10 heteroatoms. The summed E-state index contributed by atoms with van der Waals surface area (Å²) in [5, 5.41) is 10.8. The minimum absolute atomic E-state index is 0.144. The van der Waals surface area contributed by atoms with Crippen molar-refractivity contribution in [3.63, 3.8) is 0 Å². The summed E-state index contributed by atoms with van der Waals surface area (Å²) in [6, 6.07) is 9.30. The van der Waals surface area contributed by atoms with Gasteiger partial charge in [-0.15, -0.1) is 0 Å². The van der Waals surface area contributed by atoms with Crippen molar-refractivity contribution in [1.82, 2.24) is 9.80 Å². The number of methoxy groups -OCH3 is 1. The van der Waals surface area contributed by atoms with Crippen molar-refractivity contribution in [2.45, 2.75) is 39.3 Å². The first-order chi connectivity index (χ1) is 17.1. The molecule has 1 heterocycles. The lowest BCUT2D eigenvalue weighted by Gasteiger charge is -2.31. The van der Waals surface area contributed by atoms with Gasteiger partial charge >= 0.3 is 5.97 Å². The van der Waals surface area contributed by atoms with Crippen LogP contribution in [0.5, 0.6) is 11.5 Å². The highest BCUT2D eigenvalue weighted by Gasteiger charge is 2.30. The smallest absolute Gasteiger partial charge is 0.325 e. The number of carboxylic acids is 1. The summed E-state index contributed by atoms with van der Waals surface area (Å²) in [4.78, 5) is 39.0. The molecule has 0 aromatic heterocycles. The third-order valence-electron chi connectivity index (χ3n) is 5.80. The van der Waals surface area contributed by atoms with Gasteiger partial charge in [-0.05, 0) is 41.3 Å². The highest BCUT2D eigenvalue weighted by atomic mass is 35.5. The number of carbonyl (C=O) groups excluding carboxylic acids is 2. The van der Waals surface area contributed by atoms with Crippen molar-refractivity contribution in [3.05, 3.63) is 57.6 Å². The first kappa shape index (κ1) is 27.8. The minimum atomic E-state index is -0.994. The van der Waals surface area contributed by atoms with E-state index in [4.69, 9.17) is 32.7 Å². The predicted octanol–water partition coefficient (Wildman–Crippen LogP) is 4.81. The number of nitrogens with zero attached hydrogens (tertiary/aromatic N) is 2. The highest BCUT2D eigenvalue weighted by molar-refractivity contribution is 6.42. The standard InChI is InChI=1S/C26H30Cl2N2O6/c1-16(2)14-29(25(26(33)34)18-5-6-19(27)20(28)13-18)15-17-4-7-21(22(12-17)35-3)36-11-10-30-23(31)8-9-24(30)32/h4-7,12-13,16,25H,8-11,14-15H2,1-3H3,(H,33,34). The Balaban J connectivity index is 1.78. The molecule has 2 aromatic rings. The number of hydrogen-bond donors (Lipinski definition) is 1. The summed E-state index contributed by atoms with van der Waals surface area (Å²) >= 11 is 12.2. The number of halogens is 2. The molecule has 0 saturated carbocycles. The molecule has 1 aliphatic heterocycles. The van der Waals surface area contributed by atoms with Gasteiger partial charge in [0.05, 0.1) is 23.7 Å². The lowest BCUT2D eigenvalue weighted by molar-refractivity contribution is -0.144. The van der Waals surface area contributed by atoms with Crippen LogP contribution in [0.3, 0.4) is 0 Å². The molecular weight excluding hydrogens is 507 g/mol. The Morgan fingerprint density at radius 3 is 2.33 bits per heavy atom. The predicted molar refractivity (Wildman–Crippen MR) is 137 cm³/mol. The number of rotatable bonds is 12. The Labute approximate surface area is 220 Å². The van der Waals surface area contributed by atoms with E-state index in [1.54, 1.807) is 30.3 Å². The molecule has 1 atom stereocenters. The number of aliphatic carboxylic acids is 1. The normalized spacial score (nSPS) is 14.6. The highest BCUT2D eigenvalue weighted by Crippen LogP contribution is 2.33. The van der Waals surface area contributed by atoms with Crippen molar-refractivity contribution < 1.29 is 29.0 Å². The zero-order valence-corrected chi connectivity index (χ0v) is 22.0. The summed E-state index contributed by atoms with van der Waals surface area (Å²) in [5.41, 5.74) is 1.37. The first-order valence-electron chi connectivity index (χ1n) is 11.7. The fraction of sp³-hybridized carbons (Fsp3) is 0.423. The molecule has 194 valence electrons. The van der Waals surface area contributed by atoms with E-state index >= 15 is 0 Å². The molecule has 1 unspecified atom stereocenters. The Bertz CT molecular complexity index is 1110. The van der Waals surface area contributed by atoms with E-state index < -0.39 is 12.0 Å². The van der Waals surface area contributed by atoms with Crippen LogP contribution in [-0.2, 0) is 20.9 Å². The Morgan fingerprint density at radius 2 is 1.75 bits per heavy atom. The number of imide groups is 1. The lowest BCUT2D eigenvalue weighted by Crippen LogP contribution is -2.36. The second-order valence-electron chi connectivity index (χ2n) is 9.01. The Hall–Kier alpha value is -2.81. The molecule has 1 saturated heterocycles. The topological polar surface area (TPSA) is 96.4 Å². The number of likely N-dealkylation sites (tertiary alicyclic amines) is 1. The molecule has 36 heavy (non-hydrogen) atoms. The van der Waals surface area contributed by atoms with E-state index in [9.17, 15) is 19.5 Å². The first-order valence-corrected chi connectivity index (χ1v) is 12.4. The van der Waals surface area contributed by atoms with E-state index in [1.807, 2.05) is 24.8 Å². The molecule has 0 spiro atoms. The summed E-state index contributed by atoms with van der Waals surface area (Å²) in [7, 11) is 1.52. The van der Waals surface area contributed by atoms with Crippen molar-refractivity contribution in [2.24, 2.45) is 5.92 Å². The number of benzene rings is 2. The molecule has 0 radical (unpaired) electrons. The van der Waals surface area contributed by atoms with Crippen LogP contribution in [0.2, 0.25) is 10.0 Å². The fourth-order valence-electron chi connectivity index (χ4n) is 4.21. The molecule has 0 aliphatic carbocycles. The summed E-state index contributed by atoms with van der Waals surface area (Å²) in [5.74, 6) is -0.230. The van der Waals surface area contributed by atoms with E-state index in [0.717, 1.165) is 5.56 Å². The van der Waals surface area contributed by atoms with Crippen LogP contribution in [0.1, 0.15) is 43.9 Å². The third kappa shape index (κ3) is 6.90. The van der Waals surface area contributed by atoms with Crippen LogP contribution in [0.25, 0.3) is 0 Å². The van der Waals surface area contributed by atoms with Gasteiger partial charge < -0.3 is 14.6 Å². The lowest BCUT2D eigenvalue weighted by atomic mass is 10.0. The van der Waals surface area contributed by atoms with Crippen molar-refractivity contribution >= 4 is 41.0 Å². The average molecular weight is 537 g/mol. The molecule has 1 N–H and O–H groups in total. The van der Waals surface area contributed by atoms with Crippen LogP contribution in [0, 0.1) is 5.92 Å². The van der Waals surface area contributed by atoms with Gasteiger partial charge in [0.15, 0.2) is 11.5 Å². The summed E-state index contributed by atoms with van der Waals surface area (Å²) < 4.78 is 11.3. The van der Waals surface area contributed by atoms with E-state index in [0.29, 0.717) is 40.2 Å². The van der Waals surface area contributed by atoms with Crippen LogP contribution in [0.4, 0.5) is 0 Å². The summed E-state index contributed by atoms with van der Waals surface area (Å²) in [6.45, 7) is 5.22. The summed E-state index contributed by atoms with van der Waals surface area (Å²) in [6.07, 6.45) is 0.479. The maximum absolute atomic E-state index is 12.3. The number of hydrogen-bond acceptors (Lipinski definition) is 6. The number of ether oxygens (including phenoxy) is 2. The fourth-order valence-corrected chi connectivity index (χ4v) is 4.51. The van der Waals surface area contributed by atoms with Gasteiger partial charge in [0, 0.05) is 25.9 Å². The van der Waals surface area contributed by atoms with Gasteiger partial charge in [-0.2, -0.15) is 0 Å². The molecule has 2 aromatic carbocycles. The largest absolute Gasteiger partial charge is 0.493 e. The maximum atomic E-state index is 12.3. The SMILES string of the molecule is COc1cc(CN(CC(C)C)C(C(=O)O)c2ccc(Cl)c(Cl)c2)ccc1OCCN1C(=O)CCC1=O. The van der Waals surface area contributed by atoms with Crippen LogP contribution in [-0.4, -0.2) is 59.5 Å². The number of carbonyl (C=O) groups is 3. The van der Waals surface area contributed by atoms with Gasteiger partial charge in [-0.25, -0.2) is 0 Å². The van der Waals surface area contributed by atoms with E-state index in [-0.39, 0.29) is 43.7 Å². The average Bonchev–Trinajstić information content (AvgIpc) is 3.13. The Morgan fingerprint density at radius 1 is 1.06 bits per heavy atom. The third-order valence-corrected chi connectivity index (χ3v) is 6.54. The van der Waals surface area contributed by atoms with Crippen LogP contribution in [0.15, 0.2) is 36.4 Å². The molecule has 1 aliphatic rings. The molecule has 0 bridgehead atoms. The van der Waals surface area contributed by atoms with Crippen LogP contribution < -0.4 is 9.47 Å². The molecule has 3 rings (SSSR count). The molecule has 2 amide bonds. The molecule has 8 nitrogen and oxygen atoms in total. The monoisotopic (exact) mass is 536 g/mol. The van der Waals surface area contributed by atoms with E-state index in [1.165, 1.54) is 12.0 Å². The minimum Gasteiger partial charge on any atom is -0.493 e. The van der Waals surface area contributed by atoms with Crippen molar-refractivity contribution in [1.29, 1.82) is 0 Å². The Kier molecular flexibility index (Phi) is 9.59. The van der Waals surface area contributed by atoms with Crippen molar-refractivity contribution in [3.8, 4) is 11.5 Å². The maximum Gasteiger partial charge on any atom is 0.325 e. The van der Waals surface area contributed by atoms with Crippen LogP contribution >= 0.6 is 23.2 Å². The van der Waals surface area contributed by atoms with E-state index in [2.05, 4.69) is 0 Å². The number of carboxylic acid groups (broad SMARTS) is 1. The van der Waals surface area contributed by atoms with Gasteiger partial charge in [-0.3, -0.25) is 24.2 Å². The molecule has 1 fully saturated rings. The zero-order chi connectivity index (χ0) is 26.4. The second-order valence-corrected chi connectivity index (χ2v) is 9.82. The quantitative estimate of drug-likeness (QED) is 0.388. The van der Waals surface area contributed by atoms with Crippen molar-refractivity contribution in [2.75, 3.05) is 26.8 Å². The second kappa shape index (κ2) is 12.4. The number of amides is 2. The van der Waals surface area contributed by atoms with Gasteiger partial charge in [0.25, 0.3) is 0 Å². The van der Waals surface area contributed by atoms with Gasteiger partial charge in [0.1, 0.15) is 12.6 Å². The molecular formula is C26H30Cl2N2O6. The van der Waals surface area contributed by atoms with Gasteiger partial charge in [-0.1, -0.05) is 49.2 Å². The zero-order valence-electron chi connectivity index (χ0n) is 20.5.